The van der Waals surface area contributed by atoms with Crippen LogP contribution in [0.2, 0.25) is 5.02 Å². The molecule has 1 saturated heterocycles. The van der Waals surface area contributed by atoms with E-state index in [0.29, 0.717) is 17.1 Å². The lowest BCUT2D eigenvalue weighted by Crippen LogP contribution is -2.45. The topological polar surface area (TPSA) is 45.6 Å². The number of aryl methyl sites for hydroxylation is 1. The van der Waals surface area contributed by atoms with Gasteiger partial charge in [-0.05, 0) is 48.9 Å². The standard InChI is InChI=1S/C22H26ClN3O2S/c1-3-24-10-12-25(13-11-24)16-18-14-19(8-9-21(18)23)29(27,28)26-15-17(2)20-6-4-5-7-22(20)26/h4-9,14-15H,3,10-13,16H2,1-2H3. The van der Waals surface area contributed by atoms with Crippen molar-refractivity contribution in [1.29, 1.82) is 0 Å². The van der Waals surface area contributed by atoms with Gasteiger partial charge in [-0.25, -0.2) is 12.4 Å². The summed E-state index contributed by atoms with van der Waals surface area (Å²) in [6.45, 7) is 9.80. The van der Waals surface area contributed by atoms with Crippen molar-refractivity contribution in [3.8, 4) is 0 Å². The maximum atomic E-state index is 13.4. The van der Waals surface area contributed by atoms with Crippen LogP contribution in [0, 0.1) is 6.92 Å². The zero-order valence-corrected chi connectivity index (χ0v) is 18.4. The van der Waals surface area contributed by atoms with Gasteiger partial charge in [0.15, 0.2) is 0 Å². The number of para-hydroxylation sites is 1. The Morgan fingerprint density at radius 2 is 1.69 bits per heavy atom. The van der Waals surface area contributed by atoms with Crippen LogP contribution in [0.3, 0.4) is 0 Å². The molecule has 3 aromatic rings. The van der Waals surface area contributed by atoms with E-state index in [1.165, 1.54) is 3.97 Å². The van der Waals surface area contributed by atoms with E-state index in [0.717, 1.165) is 49.2 Å². The Hall–Kier alpha value is -1.86. The fourth-order valence-electron chi connectivity index (χ4n) is 3.96. The highest BCUT2D eigenvalue weighted by molar-refractivity contribution is 7.90. The maximum Gasteiger partial charge on any atom is 0.268 e. The minimum Gasteiger partial charge on any atom is -0.301 e. The molecular weight excluding hydrogens is 406 g/mol. The Bertz CT molecular complexity index is 1130. The number of nitrogens with zero attached hydrogens (tertiary/aromatic N) is 3. The van der Waals surface area contributed by atoms with Crippen molar-refractivity contribution in [2.24, 2.45) is 0 Å². The second kappa shape index (κ2) is 8.11. The van der Waals surface area contributed by atoms with E-state index in [-0.39, 0.29) is 4.90 Å². The lowest BCUT2D eigenvalue weighted by atomic mass is 10.2. The van der Waals surface area contributed by atoms with Crippen LogP contribution < -0.4 is 0 Å². The molecule has 0 unspecified atom stereocenters. The Morgan fingerprint density at radius 3 is 2.41 bits per heavy atom. The summed E-state index contributed by atoms with van der Waals surface area (Å²) in [5.41, 5.74) is 2.48. The average Bonchev–Trinajstić information content (AvgIpc) is 3.08. The SMILES string of the molecule is CCN1CCN(Cc2cc(S(=O)(=O)n3cc(C)c4ccccc43)ccc2Cl)CC1. The number of halogens is 1. The van der Waals surface area contributed by atoms with Crippen molar-refractivity contribution < 1.29 is 8.42 Å². The Kier molecular flexibility index (Phi) is 5.71. The molecule has 4 rings (SSSR count). The highest BCUT2D eigenvalue weighted by Gasteiger charge is 2.22. The zero-order valence-electron chi connectivity index (χ0n) is 16.8. The minimum absolute atomic E-state index is 0.268. The molecule has 0 spiro atoms. The van der Waals surface area contributed by atoms with Gasteiger partial charge < -0.3 is 4.90 Å². The van der Waals surface area contributed by atoms with Gasteiger partial charge in [-0.2, -0.15) is 0 Å². The second-order valence-electron chi connectivity index (χ2n) is 7.59. The normalized spacial score (nSPS) is 16.5. The summed E-state index contributed by atoms with van der Waals surface area (Å²) >= 11 is 6.43. The van der Waals surface area contributed by atoms with Gasteiger partial charge in [0, 0.05) is 49.3 Å². The van der Waals surface area contributed by atoms with Crippen LogP contribution in [-0.4, -0.2) is 54.9 Å². The van der Waals surface area contributed by atoms with Gasteiger partial charge in [0.05, 0.1) is 10.4 Å². The molecule has 1 aliphatic rings. The summed E-state index contributed by atoms with van der Waals surface area (Å²) in [7, 11) is -3.71. The highest BCUT2D eigenvalue weighted by atomic mass is 35.5. The van der Waals surface area contributed by atoms with E-state index in [4.69, 9.17) is 11.6 Å². The molecule has 0 amide bonds. The number of fused-ring (bicyclic) bond motifs is 1. The van der Waals surface area contributed by atoms with Crippen LogP contribution >= 0.6 is 11.6 Å². The molecule has 1 aromatic heterocycles. The van der Waals surface area contributed by atoms with E-state index in [1.807, 2.05) is 31.2 Å². The first-order chi connectivity index (χ1) is 13.9. The van der Waals surface area contributed by atoms with Gasteiger partial charge in [-0.3, -0.25) is 4.90 Å². The van der Waals surface area contributed by atoms with Crippen molar-refractivity contribution in [2.45, 2.75) is 25.3 Å². The van der Waals surface area contributed by atoms with Crippen molar-refractivity contribution in [2.75, 3.05) is 32.7 Å². The Morgan fingerprint density at radius 1 is 1.00 bits per heavy atom. The van der Waals surface area contributed by atoms with Crippen LogP contribution in [-0.2, 0) is 16.6 Å². The molecule has 0 N–H and O–H groups in total. The molecule has 0 saturated carbocycles. The highest BCUT2D eigenvalue weighted by Crippen LogP contribution is 2.28. The third-order valence-corrected chi connectivity index (χ3v) is 7.80. The molecule has 2 heterocycles. The number of rotatable bonds is 5. The van der Waals surface area contributed by atoms with E-state index in [1.54, 1.807) is 24.4 Å². The van der Waals surface area contributed by atoms with Crippen molar-refractivity contribution >= 4 is 32.5 Å². The Balaban J connectivity index is 1.66. The molecule has 2 aromatic carbocycles. The third-order valence-electron chi connectivity index (χ3n) is 5.76. The number of aromatic nitrogens is 1. The predicted octanol–water partition coefficient (Wildman–Crippen LogP) is 3.98. The number of piperazine rings is 1. The summed E-state index contributed by atoms with van der Waals surface area (Å²) in [4.78, 5) is 5.02. The molecule has 1 fully saturated rings. The molecule has 5 nitrogen and oxygen atoms in total. The zero-order chi connectivity index (χ0) is 20.6. The van der Waals surface area contributed by atoms with Crippen molar-refractivity contribution in [1.82, 2.24) is 13.8 Å². The molecular formula is C22H26ClN3O2S. The summed E-state index contributed by atoms with van der Waals surface area (Å²) in [5.74, 6) is 0. The van der Waals surface area contributed by atoms with Crippen LogP contribution in [0.5, 0.6) is 0 Å². The van der Waals surface area contributed by atoms with E-state index in [2.05, 4.69) is 16.7 Å². The first-order valence-electron chi connectivity index (χ1n) is 9.95. The van der Waals surface area contributed by atoms with Crippen LogP contribution in [0.15, 0.2) is 53.6 Å². The summed E-state index contributed by atoms with van der Waals surface area (Å²) in [6.07, 6.45) is 1.69. The predicted molar refractivity (Wildman–Crippen MR) is 118 cm³/mol. The van der Waals surface area contributed by atoms with Gasteiger partial charge in [0.25, 0.3) is 10.0 Å². The van der Waals surface area contributed by atoms with E-state index >= 15 is 0 Å². The number of likely N-dealkylation sites (N-methyl/N-ethyl adjacent to an activating group) is 1. The molecule has 1 aliphatic heterocycles. The van der Waals surface area contributed by atoms with Gasteiger partial charge in [-0.15, -0.1) is 0 Å². The quantitative estimate of drug-likeness (QED) is 0.613. The summed E-state index contributed by atoms with van der Waals surface area (Å²) < 4.78 is 28.2. The second-order valence-corrected chi connectivity index (χ2v) is 9.82. The lowest BCUT2D eigenvalue weighted by Gasteiger charge is -2.34. The fourth-order valence-corrected chi connectivity index (χ4v) is 5.61. The maximum absolute atomic E-state index is 13.4. The summed E-state index contributed by atoms with van der Waals surface area (Å²) in [6, 6.07) is 12.6. The number of hydrogen-bond acceptors (Lipinski definition) is 4. The van der Waals surface area contributed by atoms with Gasteiger partial charge in [0.2, 0.25) is 0 Å². The van der Waals surface area contributed by atoms with Gasteiger partial charge in [0.1, 0.15) is 0 Å². The third kappa shape index (κ3) is 3.94. The largest absolute Gasteiger partial charge is 0.301 e. The van der Waals surface area contributed by atoms with E-state index in [9.17, 15) is 8.42 Å². The molecule has 7 heteroatoms. The molecule has 29 heavy (non-hydrogen) atoms. The molecule has 154 valence electrons. The van der Waals surface area contributed by atoms with E-state index < -0.39 is 10.0 Å². The molecule has 0 bridgehead atoms. The Labute approximate surface area is 177 Å². The monoisotopic (exact) mass is 431 g/mol. The first kappa shape index (κ1) is 20.4. The molecule has 0 aliphatic carbocycles. The smallest absolute Gasteiger partial charge is 0.268 e. The minimum atomic E-state index is -3.71. The summed E-state index contributed by atoms with van der Waals surface area (Å²) in [5, 5.41) is 1.55. The van der Waals surface area contributed by atoms with Crippen LogP contribution in [0.1, 0.15) is 18.1 Å². The molecule has 0 atom stereocenters. The van der Waals surface area contributed by atoms with Crippen LogP contribution in [0.4, 0.5) is 0 Å². The number of benzene rings is 2. The number of hydrogen-bond donors (Lipinski definition) is 0. The van der Waals surface area contributed by atoms with Crippen molar-refractivity contribution in [3.63, 3.8) is 0 Å². The van der Waals surface area contributed by atoms with Crippen molar-refractivity contribution in [3.05, 3.63) is 64.8 Å². The molecule has 0 radical (unpaired) electrons. The lowest BCUT2D eigenvalue weighted by molar-refractivity contribution is 0.132. The van der Waals surface area contributed by atoms with Gasteiger partial charge >= 0.3 is 0 Å². The fraction of sp³-hybridized carbons (Fsp3) is 0.364. The van der Waals surface area contributed by atoms with Gasteiger partial charge in [-0.1, -0.05) is 36.7 Å². The first-order valence-corrected chi connectivity index (χ1v) is 11.8. The average molecular weight is 432 g/mol. The van der Waals surface area contributed by atoms with Crippen LogP contribution in [0.25, 0.3) is 10.9 Å².